The SMILES string of the molecule is CCc1cccc(Nc2nccn3c(N(C(=O)O)C(C)C)nnc23)c1C. The number of hydrogen-bond acceptors (Lipinski definition) is 5. The molecule has 0 saturated heterocycles. The molecule has 0 saturated carbocycles. The third kappa shape index (κ3) is 3.05. The number of aryl methyl sites for hydroxylation is 1. The van der Waals surface area contributed by atoms with Crippen molar-refractivity contribution >= 4 is 29.2 Å². The van der Waals surface area contributed by atoms with Crippen LogP contribution in [0.25, 0.3) is 5.65 Å². The first-order valence-electron chi connectivity index (χ1n) is 8.51. The van der Waals surface area contributed by atoms with Gasteiger partial charge >= 0.3 is 6.09 Å². The first-order valence-corrected chi connectivity index (χ1v) is 8.51. The summed E-state index contributed by atoms with van der Waals surface area (Å²) in [5.41, 5.74) is 3.80. The molecule has 136 valence electrons. The molecule has 8 nitrogen and oxygen atoms in total. The van der Waals surface area contributed by atoms with Crippen molar-refractivity contribution in [1.29, 1.82) is 0 Å². The Hall–Kier alpha value is -3.16. The van der Waals surface area contributed by atoms with E-state index in [9.17, 15) is 9.90 Å². The van der Waals surface area contributed by atoms with Gasteiger partial charge in [0.05, 0.1) is 0 Å². The van der Waals surface area contributed by atoms with Crippen molar-refractivity contribution in [2.45, 2.75) is 40.2 Å². The maximum atomic E-state index is 11.6. The van der Waals surface area contributed by atoms with Crippen molar-refractivity contribution < 1.29 is 9.90 Å². The summed E-state index contributed by atoms with van der Waals surface area (Å²) in [4.78, 5) is 17.1. The lowest BCUT2D eigenvalue weighted by Gasteiger charge is -2.20. The summed E-state index contributed by atoms with van der Waals surface area (Å²) in [6, 6.07) is 5.80. The molecule has 1 amide bonds. The Kier molecular flexibility index (Phi) is 4.75. The molecule has 0 fully saturated rings. The van der Waals surface area contributed by atoms with Crippen molar-refractivity contribution in [3.05, 3.63) is 41.7 Å². The molecule has 0 radical (unpaired) electrons. The molecule has 2 heterocycles. The monoisotopic (exact) mass is 354 g/mol. The third-order valence-electron chi connectivity index (χ3n) is 4.33. The molecular weight excluding hydrogens is 332 g/mol. The van der Waals surface area contributed by atoms with E-state index in [1.165, 1.54) is 10.5 Å². The maximum absolute atomic E-state index is 11.6. The van der Waals surface area contributed by atoms with E-state index >= 15 is 0 Å². The standard InChI is InChI=1S/C18H22N6O2/c1-5-13-7-6-8-14(12(13)4)20-15-16-21-22-17(23(16)10-9-19-15)24(11(2)3)18(25)26/h6-11H,5H2,1-4H3,(H,19,20)(H,25,26). The number of rotatable bonds is 5. The summed E-state index contributed by atoms with van der Waals surface area (Å²) in [5.74, 6) is 0.767. The van der Waals surface area contributed by atoms with E-state index in [-0.39, 0.29) is 12.0 Å². The first kappa shape index (κ1) is 17.7. The fourth-order valence-corrected chi connectivity index (χ4v) is 2.93. The van der Waals surface area contributed by atoms with Crippen LogP contribution in [0.3, 0.4) is 0 Å². The molecule has 26 heavy (non-hydrogen) atoms. The second-order valence-corrected chi connectivity index (χ2v) is 6.28. The van der Waals surface area contributed by atoms with E-state index < -0.39 is 6.09 Å². The number of nitrogens with zero attached hydrogens (tertiary/aromatic N) is 5. The number of nitrogens with one attached hydrogen (secondary N) is 1. The highest BCUT2D eigenvalue weighted by molar-refractivity contribution is 5.85. The van der Waals surface area contributed by atoms with Crippen LogP contribution in [0.4, 0.5) is 22.2 Å². The fraction of sp³-hybridized carbons (Fsp3) is 0.333. The third-order valence-corrected chi connectivity index (χ3v) is 4.33. The van der Waals surface area contributed by atoms with Crippen molar-refractivity contribution in [1.82, 2.24) is 19.6 Å². The number of fused-ring (bicyclic) bond motifs is 1. The van der Waals surface area contributed by atoms with Crippen LogP contribution in [0, 0.1) is 6.92 Å². The molecule has 0 aliphatic rings. The zero-order chi connectivity index (χ0) is 18.8. The van der Waals surface area contributed by atoms with E-state index in [4.69, 9.17) is 0 Å². The highest BCUT2D eigenvalue weighted by Gasteiger charge is 2.24. The zero-order valence-electron chi connectivity index (χ0n) is 15.3. The number of hydrogen-bond donors (Lipinski definition) is 2. The van der Waals surface area contributed by atoms with Gasteiger partial charge in [0.2, 0.25) is 11.6 Å². The van der Waals surface area contributed by atoms with Crippen molar-refractivity contribution in [3.63, 3.8) is 0 Å². The molecule has 0 aliphatic heterocycles. The maximum Gasteiger partial charge on any atom is 0.414 e. The molecule has 8 heteroatoms. The lowest BCUT2D eigenvalue weighted by Crippen LogP contribution is -2.37. The molecular formula is C18H22N6O2. The van der Waals surface area contributed by atoms with Crippen LogP contribution >= 0.6 is 0 Å². The second kappa shape index (κ2) is 6.99. The number of anilines is 3. The van der Waals surface area contributed by atoms with Crippen LogP contribution in [0.2, 0.25) is 0 Å². The number of carboxylic acid groups (broad SMARTS) is 1. The van der Waals surface area contributed by atoms with Gasteiger partial charge in [-0.3, -0.25) is 4.40 Å². The molecule has 0 unspecified atom stereocenters. The van der Waals surface area contributed by atoms with Gasteiger partial charge in [0, 0.05) is 24.1 Å². The highest BCUT2D eigenvalue weighted by atomic mass is 16.4. The minimum Gasteiger partial charge on any atom is -0.465 e. The molecule has 0 aliphatic carbocycles. The van der Waals surface area contributed by atoms with Crippen LogP contribution in [0.5, 0.6) is 0 Å². The molecule has 2 N–H and O–H groups in total. The lowest BCUT2D eigenvalue weighted by molar-refractivity contribution is 0.199. The fourth-order valence-electron chi connectivity index (χ4n) is 2.93. The van der Waals surface area contributed by atoms with Crippen molar-refractivity contribution in [3.8, 4) is 0 Å². The average Bonchev–Trinajstić information content (AvgIpc) is 3.01. The van der Waals surface area contributed by atoms with Crippen LogP contribution in [0.1, 0.15) is 31.9 Å². The van der Waals surface area contributed by atoms with Gasteiger partial charge in [-0.15, -0.1) is 10.2 Å². The molecule has 1 aromatic carbocycles. The molecule has 0 spiro atoms. The number of aromatic nitrogens is 4. The van der Waals surface area contributed by atoms with Gasteiger partial charge < -0.3 is 10.4 Å². The summed E-state index contributed by atoms with van der Waals surface area (Å²) >= 11 is 0. The molecule has 2 aromatic heterocycles. The lowest BCUT2D eigenvalue weighted by atomic mass is 10.0. The summed E-state index contributed by atoms with van der Waals surface area (Å²) in [6.07, 6.45) is 3.12. The van der Waals surface area contributed by atoms with Crippen LogP contribution in [-0.4, -0.2) is 36.8 Å². The molecule has 0 bridgehead atoms. The Bertz CT molecular complexity index is 950. The van der Waals surface area contributed by atoms with E-state index in [0.717, 1.165) is 17.7 Å². The van der Waals surface area contributed by atoms with Crippen LogP contribution in [-0.2, 0) is 6.42 Å². The Balaban J connectivity index is 2.06. The topological polar surface area (TPSA) is 95.7 Å². The van der Waals surface area contributed by atoms with E-state index in [1.807, 2.05) is 12.1 Å². The van der Waals surface area contributed by atoms with E-state index in [0.29, 0.717) is 11.5 Å². The highest BCUT2D eigenvalue weighted by Crippen LogP contribution is 2.26. The second-order valence-electron chi connectivity index (χ2n) is 6.28. The normalized spacial score (nSPS) is 11.1. The molecule has 3 aromatic rings. The zero-order valence-corrected chi connectivity index (χ0v) is 15.3. The minimum atomic E-state index is -1.08. The van der Waals surface area contributed by atoms with E-state index in [2.05, 4.69) is 40.4 Å². The van der Waals surface area contributed by atoms with Gasteiger partial charge in [0.15, 0.2) is 5.82 Å². The Morgan fingerprint density at radius 1 is 1.35 bits per heavy atom. The Labute approximate surface area is 151 Å². The van der Waals surface area contributed by atoms with Crippen LogP contribution < -0.4 is 10.2 Å². The first-order chi connectivity index (χ1) is 12.4. The van der Waals surface area contributed by atoms with Crippen LogP contribution in [0.15, 0.2) is 30.6 Å². The summed E-state index contributed by atoms with van der Waals surface area (Å²) in [6.45, 7) is 7.74. The van der Waals surface area contributed by atoms with Gasteiger partial charge in [0.1, 0.15) is 0 Å². The summed E-state index contributed by atoms with van der Waals surface area (Å²) in [5, 5.41) is 21.0. The van der Waals surface area contributed by atoms with E-state index in [1.54, 1.807) is 30.6 Å². The summed E-state index contributed by atoms with van der Waals surface area (Å²) < 4.78 is 1.63. The van der Waals surface area contributed by atoms with Crippen molar-refractivity contribution in [2.24, 2.45) is 0 Å². The predicted octanol–water partition coefficient (Wildman–Crippen LogP) is 3.63. The smallest absolute Gasteiger partial charge is 0.414 e. The summed E-state index contributed by atoms with van der Waals surface area (Å²) in [7, 11) is 0. The van der Waals surface area contributed by atoms with Gasteiger partial charge in [-0.05, 0) is 44.4 Å². The largest absolute Gasteiger partial charge is 0.465 e. The quantitative estimate of drug-likeness (QED) is 0.726. The predicted molar refractivity (Wildman–Crippen MR) is 100 cm³/mol. The Morgan fingerprint density at radius 2 is 2.12 bits per heavy atom. The average molecular weight is 354 g/mol. The van der Waals surface area contributed by atoms with Gasteiger partial charge in [-0.2, -0.15) is 0 Å². The number of amides is 1. The minimum absolute atomic E-state index is 0.243. The molecule has 0 atom stereocenters. The van der Waals surface area contributed by atoms with Gasteiger partial charge in [-0.25, -0.2) is 14.7 Å². The van der Waals surface area contributed by atoms with Gasteiger partial charge in [-0.1, -0.05) is 19.1 Å². The number of carbonyl (C=O) groups is 1. The Morgan fingerprint density at radius 3 is 2.77 bits per heavy atom. The van der Waals surface area contributed by atoms with Crippen molar-refractivity contribution in [2.75, 3.05) is 10.2 Å². The number of benzene rings is 1. The van der Waals surface area contributed by atoms with Gasteiger partial charge in [0.25, 0.3) is 0 Å². The molecule has 3 rings (SSSR count).